The van der Waals surface area contributed by atoms with E-state index in [0.29, 0.717) is 17.1 Å². The molecule has 1 amide bonds. The van der Waals surface area contributed by atoms with Crippen LogP contribution in [0.1, 0.15) is 79.0 Å². The van der Waals surface area contributed by atoms with Crippen LogP contribution in [0.15, 0.2) is 48.8 Å². The van der Waals surface area contributed by atoms with Crippen molar-refractivity contribution in [2.75, 3.05) is 6.54 Å². The van der Waals surface area contributed by atoms with Crippen LogP contribution in [-0.4, -0.2) is 17.6 Å². The number of benzene rings is 1. The molecule has 0 atom stereocenters. The molecule has 31 heavy (non-hydrogen) atoms. The number of hydrogen-bond acceptors (Lipinski definition) is 2. The molecule has 0 spiro atoms. The van der Waals surface area contributed by atoms with E-state index in [0.717, 1.165) is 16.7 Å². The third-order valence-electron chi connectivity index (χ3n) is 4.39. The van der Waals surface area contributed by atoms with Crippen molar-refractivity contribution in [2.24, 2.45) is 5.41 Å². The van der Waals surface area contributed by atoms with E-state index in [1.165, 1.54) is 0 Å². The minimum atomic E-state index is -0.529. The van der Waals surface area contributed by atoms with Crippen molar-refractivity contribution in [1.29, 1.82) is 0 Å². The second kappa shape index (κ2) is 15.5. The number of aryl methyl sites for hydroxylation is 1. The molecule has 4 heteroatoms. The second-order valence-corrected chi connectivity index (χ2v) is 7.19. The Kier molecular flexibility index (Phi) is 15.5. The first-order valence-corrected chi connectivity index (χ1v) is 11.6. The fourth-order valence-corrected chi connectivity index (χ4v) is 3.27. The standard InChI is InChI=1S/C21H24ClNO2.3C2H6/c1-6-8-9-14(7-2)15-10-13(3)17(16(22)11-15)18-19(24)21(4,5)12-23-20(18)25;3*1-2/h6-11,24H,1,12H2,2-5H3,(H,23,25);3*1-2H3/b9-8-,14-7+;;;. The Morgan fingerprint density at radius 2 is 1.71 bits per heavy atom. The summed E-state index contributed by atoms with van der Waals surface area (Å²) in [6.45, 7) is 23.7. The third kappa shape index (κ3) is 8.06. The molecule has 0 aromatic heterocycles. The van der Waals surface area contributed by atoms with Crippen molar-refractivity contribution in [2.45, 2.75) is 69.2 Å². The molecule has 2 rings (SSSR count). The Labute approximate surface area is 195 Å². The van der Waals surface area contributed by atoms with Crippen LogP contribution in [0.2, 0.25) is 5.02 Å². The molecule has 0 saturated heterocycles. The van der Waals surface area contributed by atoms with Crippen LogP contribution in [-0.2, 0) is 4.79 Å². The van der Waals surface area contributed by atoms with Gasteiger partial charge in [0.25, 0.3) is 5.91 Å². The van der Waals surface area contributed by atoms with Gasteiger partial charge in [0.15, 0.2) is 0 Å². The Morgan fingerprint density at radius 1 is 1.16 bits per heavy atom. The number of halogens is 1. The molecule has 1 heterocycles. The summed E-state index contributed by atoms with van der Waals surface area (Å²) < 4.78 is 0. The molecule has 0 unspecified atom stereocenters. The lowest BCUT2D eigenvalue weighted by atomic mass is 9.81. The molecule has 1 aliphatic heterocycles. The van der Waals surface area contributed by atoms with Crippen LogP contribution in [0, 0.1) is 12.3 Å². The predicted octanol–water partition coefficient (Wildman–Crippen LogP) is 8.30. The number of allylic oxidation sites excluding steroid dienone is 5. The summed E-state index contributed by atoms with van der Waals surface area (Å²) in [6, 6.07) is 3.79. The van der Waals surface area contributed by atoms with Gasteiger partial charge in [-0.3, -0.25) is 4.79 Å². The highest BCUT2D eigenvalue weighted by molar-refractivity contribution is 6.35. The van der Waals surface area contributed by atoms with E-state index >= 15 is 0 Å². The van der Waals surface area contributed by atoms with Crippen molar-refractivity contribution in [1.82, 2.24) is 5.32 Å². The van der Waals surface area contributed by atoms with E-state index in [-0.39, 0.29) is 17.2 Å². The number of carbonyl (C=O) groups excluding carboxylic acids is 1. The maximum atomic E-state index is 12.4. The molecule has 0 radical (unpaired) electrons. The minimum Gasteiger partial charge on any atom is -0.511 e. The van der Waals surface area contributed by atoms with E-state index in [2.05, 4.69) is 11.9 Å². The van der Waals surface area contributed by atoms with Gasteiger partial charge in [0, 0.05) is 22.5 Å². The van der Waals surface area contributed by atoms with Gasteiger partial charge in [0.05, 0.1) is 5.57 Å². The maximum absolute atomic E-state index is 12.4. The Hall–Kier alpha value is -2.26. The normalized spacial score (nSPS) is 14.9. The van der Waals surface area contributed by atoms with Gasteiger partial charge in [-0.25, -0.2) is 0 Å². The molecule has 1 aliphatic rings. The zero-order chi connectivity index (χ0) is 24.8. The van der Waals surface area contributed by atoms with Crippen LogP contribution < -0.4 is 5.32 Å². The fraction of sp³-hybridized carbons (Fsp3) is 0.444. The Bertz CT molecular complexity index is 792. The van der Waals surface area contributed by atoms with Crippen LogP contribution in [0.25, 0.3) is 11.1 Å². The largest absolute Gasteiger partial charge is 0.511 e. The summed E-state index contributed by atoms with van der Waals surface area (Å²) in [5.74, 6) is -0.223. The van der Waals surface area contributed by atoms with Gasteiger partial charge in [-0.05, 0) is 36.6 Å². The lowest BCUT2D eigenvalue weighted by Crippen LogP contribution is -2.42. The third-order valence-corrected chi connectivity index (χ3v) is 4.69. The van der Waals surface area contributed by atoms with Crippen molar-refractivity contribution >= 4 is 28.7 Å². The Balaban J connectivity index is 0. The number of carbonyl (C=O) groups is 1. The highest BCUT2D eigenvalue weighted by Crippen LogP contribution is 2.39. The highest BCUT2D eigenvalue weighted by atomic mass is 35.5. The van der Waals surface area contributed by atoms with Crippen LogP contribution in [0.5, 0.6) is 0 Å². The van der Waals surface area contributed by atoms with Crippen molar-refractivity contribution in [3.8, 4) is 0 Å². The number of nitrogens with one attached hydrogen (secondary N) is 1. The van der Waals surface area contributed by atoms with Gasteiger partial charge in [-0.1, -0.05) is 104 Å². The zero-order valence-electron chi connectivity index (χ0n) is 21.1. The first-order valence-electron chi connectivity index (χ1n) is 11.2. The fourth-order valence-electron chi connectivity index (χ4n) is 2.91. The average molecular weight is 448 g/mol. The maximum Gasteiger partial charge on any atom is 0.255 e. The predicted molar refractivity (Wildman–Crippen MR) is 140 cm³/mol. The summed E-state index contributed by atoms with van der Waals surface area (Å²) >= 11 is 6.53. The van der Waals surface area contributed by atoms with E-state index in [4.69, 9.17) is 11.6 Å². The smallest absolute Gasteiger partial charge is 0.255 e. The van der Waals surface area contributed by atoms with Crippen LogP contribution in [0.4, 0.5) is 0 Å². The molecule has 0 aliphatic carbocycles. The molecule has 2 N–H and O–H groups in total. The van der Waals surface area contributed by atoms with Crippen LogP contribution >= 0.6 is 11.6 Å². The lowest BCUT2D eigenvalue weighted by molar-refractivity contribution is -0.116. The van der Waals surface area contributed by atoms with Gasteiger partial charge < -0.3 is 10.4 Å². The lowest BCUT2D eigenvalue weighted by Gasteiger charge is -2.32. The molecular formula is C27H42ClNO2. The van der Waals surface area contributed by atoms with E-state index in [1.807, 2.05) is 99.6 Å². The van der Waals surface area contributed by atoms with Crippen LogP contribution in [0.3, 0.4) is 0 Å². The number of aliphatic hydroxyl groups excluding tert-OH is 1. The van der Waals surface area contributed by atoms with E-state index < -0.39 is 5.41 Å². The van der Waals surface area contributed by atoms with Gasteiger partial charge in [0.2, 0.25) is 0 Å². The molecule has 1 aromatic carbocycles. The number of rotatable bonds is 4. The zero-order valence-corrected chi connectivity index (χ0v) is 21.9. The SMILES string of the molecule is C=C/C=C\C(=C/C)c1cc(C)c(C2=C(O)C(C)(C)CNC2=O)c(Cl)c1.CC.CC.CC. The molecule has 3 nitrogen and oxygen atoms in total. The summed E-state index contributed by atoms with van der Waals surface area (Å²) in [6.07, 6.45) is 7.50. The van der Waals surface area contributed by atoms with Crippen molar-refractivity contribution in [3.05, 3.63) is 70.5 Å². The number of amides is 1. The van der Waals surface area contributed by atoms with E-state index in [1.54, 1.807) is 6.08 Å². The highest BCUT2D eigenvalue weighted by Gasteiger charge is 2.36. The van der Waals surface area contributed by atoms with Crippen molar-refractivity contribution < 1.29 is 9.90 Å². The van der Waals surface area contributed by atoms with E-state index in [9.17, 15) is 9.90 Å². The topological polar surface area (TPSA) is 49.3 Å². The summed E-state index contributed by atoms with van der Waals surface area (Å²) in [4.78, 5) is 12.4. The summed E-state index contributed by atoms with van der Waals surface area (Å²) in [7, 11) is 0. The van der Waals surface area contributed by atoms with Gasteiger partial charge in [-0.2, -0.15) is 0 Å². The van der Waals surface area contributed by atoms with Gasteiger partial charge >= 0.3 is 0 Å². The average Bonchev–Trinajstić information content (AvgIpc) is 2.78. The van der Waals surface area contributed by atoms with Gasteiger partial charge in [-0.15, -0.1) is 0 Å². The molecular weight excluding hydrogens is 406 g/mol. The quantitative estimate of drug-likeness (QED) is 0.456. The van der Waals surface area contributed by atoms with Gasteiger partial charge in [0.1, 0.15) is 5.76 Å². The monoisotopic (exact) mass is 447 g/mol. The first-order chi connectivity index (χ1) is 14.7. The summed E-state index contributed by atoms with van der Waals surface area (Å²) in [5.41, 5.74) is 3.10. The number of aliphatic hydroxyl groups is 1. The second-order valence-electron chi connectivity index (χ2n) is 6.78. The first kappa shape index (κ1) is 30.9. The molecule has 0 fully saturated rings. The van der Waals surface area contributed by atoms with Crippen molar-refractivity contribution in [3.63, 3.8) is 0 Å². The molecule has 0 bridgehead atoms. The molecule has 0 saturated carbocycles. The summed E-state index contributed by atoms with van der Waals surface area (Å²) in [5, 5.41) is 13.9. The minimum absolute atomic E-state index is 0.0758. The molecule has 174 valence electrons. The molecule has 1 aromatic rings. The Morgan fingerprint density at radius 3 is 2.16 bits per heavy atom. The number of hydrogen-bond donors (Lipinski definition) is 2.